The highest BCUT2D eigenvalue weighted by Gasteiger charge is 2.56. The van der Waals surface area contributed by atoms with E-state index in [2.05, 4.69) is 15.3 Å². The summed E-state index contributed by atoms with van der Waals surface area (Å²) in [4.78, 5) is 20.3. The number of ether oxygens (including phenoxy) is 1. The van der Waals surface area contributed by atoms with E-state index in [0.717, 1.165) is 18.4 Å². The van der Waals surface area contributed by atoms with Gasteiger partial charge in [-0.3, -0.25) is 9.78 Å². The van der Waals surface area contributed by atoms with Crippen LogP contribution in [0.3, 0.4) is 0 Å². The Kier molecular flexibility index (Phi) is 5.37. The molecule has 2 fully saturated rings. The Morgan fingerprint density at radius 3 is 2.72 bits per heavy atom. The number of nitrogens with zero attached hydrogens (tertiary/aromatic N) is 3. The molecule has 8 nitrogen and oxygen atoms in total. The molecule has 1 aromatic carbocycles. The molecule has 4 rings (SSSR count). The molecule has 0 bridgehead atoms. The molecule has 154 valence electrons. The first-order valence-corrected chi connectivity index (χ1v) is 11.1. The van der Waals surface area contributed by atoms with Crippen LogP contribution in [0.1, 0.15) is 28.9 Å². The fraction of sp³-hybridized carbons (Fsp3) is 0.450. The van der Waals surface area contributed by atoms with Crippen molar-refractivity contribution in [2.45, 2.75) is 30.3 Å². The maximum Gasteiger partial charge on any atom is 0.271 e. The maximum absolute atomic E-state index is 12.8. The van der Waals surface area contributed by atoms with Gasteiger partial charge in [-0.15, -0.1) is 0 Å². The molecule has 2 saturated heterocycles. The second kappa shape index (κ2) is 7.81. The van der Waals surface area contributed by atoms with Gasteiger partial charge >= 0.3 is 0 Å². The second-order valence-corrected chi connectivity index (χ2v) is 9.56. The molecule has 1 N–H and O–H groups in total. The minimum absolute atomic E-state index is 0.203. The van der Waals surface area contributed by atoms with Crippen molar-refractivity contribution in [3.8, 4) is 0 Å². The standard InChI is InChI=1S/C20H24N4O4S/c1-15-2-4-17(5-3-15)29(26,27)24-13-20(14-24)16(7-11-28-20)6-8-23-19(25)18-12-21-9-10-22-18/h2-5,9-10,12,16H,6-8,11,13-14H2,1H3,(H,23,25)/t16-/m0/s1. The van der Waals surface area contributed by atoms with Crippen LogP contribution < -0.4 is 5.32 Å². The Bertz CT molecular complexity index is 973. The van der Waals surface area contributed by atoms with Crippen LogP contribution >= 0.6 is 0 Å². The summed E-state index contributed by atoms with van der Waals surface area (Å²) in [6.45, 7) is 3.73. The summed E-state index contributed by atoms with van der Waals surface area (Å²) in [6.07, 6.45) is 6.01. The quantitative estimate of drug-likeness (QED) is 0.764. The van der Waals surface area contributed by atoms with Gasteiger partial charge in [0.2, 0.25) is 10.0 Å². The molecule has 0 saturated carbocycles. The average Bonchev–Trinajstić information content (AvgIpc) is 3.12. The average molecular weight is 417 g/mol. The van der Waals surface area contributed by atoms with E-state index in [1.165, 1.54) is 22.9 Å². The van der Waals surface area contributed by atoms with Gasteiger partial charge in [0, 0.05) is 38.6 Å². The van der Waals surface area contributed by atoms with E-state index in [1.54, 1.807) is 24.3 Å². The normalized spacial score (nSPS) is 21.1. The van der Waals surface area contributed by atoms with Crippen molar-refractivity contribution in [2.75, 3.05) is 26.2 Å². The third-order valence-electron chi connectivity index (χ3n) is 5.72. The fourth-order valence-corrected chi connectivity index (χ4v) is 5.54. The summed E-state index contributed by atoms with van der Waals surface area (Å²) in [7, 11) is -3.51. The van der Waals surface area contributed by atoms with Gasteiger partial charge in [0.15, 0.2) is 0 Å². The van der Waals surface area contributed by atoms with Gasteiger partial charge in [-0.2, -0.15) is 4.31 Å². The summed E-state index contributed by atoms with van der Waals surface area (Å²) >= 11 is 0. The van der Waals surface area contributed by atoms with Crippen LogP contribution in [0.2, 0.25) is 0 Å². The number of rotatable bonds is 6. The lowest BCUT2D eigenvalue weighted by Crippen LogP contribution is -2.66. The molecule has 1 aromatic heterocycles. The van der Waals surface area contributed by atoms with Crippen LogP contribution in [0.15, 0.2) is 47.8 Å². The summed E-state index contributed by atoms with van der Waals surface area (Å²) in [5, 5.41) is 2.86. The van der Waals surface area contributed by atoms with Crippen LogP contribution in [0.4, 0.5) is 0 Å². The largest absolute Gasteiger partial charge is 0.372 e. The number of aromatic nitrogens is 2. The van der Waals surface area contributed by atoms with Crippen molar-refractivity contribution in [1.82, 2.24) is 19.6 Å². The maximum atomic E-state index is 12.8. The SMILES string of the molecule is Cc1ccc(S(=O)(=O)N2CC3(C2)OCC[C@@H]3CCNC(=O)c2cnccn2)cc1. The van der Waals surface area contributed by atoms with E-state index in [9.17, 15) is 13.2 Å². The molecule has 1 atom stereocenters. The number of nitrogens with one attached hydrogen (secondary N) is 1. The minimum Gasteiger partial charge on any atom is -0.372 e. The van der Waals surface area contributed by atoms with E-state index in [1.807, 2.05) is 6.92 Å². The molecular formula is C20H24N4O4S. The zero-order chi connectivity index (χ0) is 20.5. The number of carbonyl (C=O) groups excluding carboxylic acids is 1. The van der Waals surface area contributed by atoms with Crippen LogP contribution in [-0.2, 0) is 14.8 Å². The Balaban J connectivity index is 1.33. The van der Waals surface area contributed by atoms with E-state index in [4.69, 9.17) is 4.74 Å². The van der Waals surface area contributed by atoms with Crippen molar-refractivity contribution in [2.24, 2.45) is 5.92 Å². The summed E-state index contributed by atoms with van der Waals surface area (Å²) in [5.41, 5.74) is 0.852. The minimum atomic E-state index is -3.51. The van der Waals surface area contributed by atoms with Gasteiger partial charge < -0.3 is 10.1 Å². The zero-order valence-corrected chi connectivity index (χ0v) is 17.1. The highest BCUT2D eigenvalue weighted by atomic mass is 32.2. The molecule has 1 spiro atoms. The van der Waals surface area contributed by atoms with Crippen molar-refractivity contribution in [3.63, 3.8) is 0 Å². The van der Waals surface area contributed by atoms with Gasteiger partial charge in [0.1, 0.15) is 5.69 Å². The second-order valence-electron chi connectivity index (χ2n) is 7.62. The summed E-state index contributed by atoms with van der Waals surface area (Å²) in [6, 6.07) is 6.89. The van der Waals surface area contributed by atoms with Crippen LogP contribution in [0.25, 0.3) is 0 Å². The van der Waals surface area contributed by atoms with Gasteiger partial charge in [-0.1, -0.05) is 17.7 Å². The van der Waals surface area contributed by atoms with Gasteiger partial charge in [-0.25, -0.2) is 13.4 Å². The lowest BCUT2D eigenvalue weighted by atomic mass is 9.80. The van der Waals surface area contributed by atoms with Gasteiger partial charge in [0.25, 0.3) is 5.91 Å². The predicted octanol–water partition coefficient (Wildman–Crippen LogP) is 1.38. The molecule has 29 heavy (non-hydrogen) atoms. The first-order chi connectivity index (χ1) is 13.9. The van der Waals surface area contributed by atoms with E-state index in [-0.39, 0.29) is 17.5 Å². The Labute approximate surface area is 170 Å². The van der Waals surface area contributed by atoms with Crippen LogP contribution in [-0.4, -0.2) is 60.4 Å². The molecule has 2 aliphatic heterocycles. The lowest BCUT2D eigenvalue weighted by molar-refractivity contribution is -0.102. The first-order valence-electron chi connectivity index (χ1n) is 9.66. The highest BCUT2D eigenvalue weighted by Crippen LogP contribution is 2.43. The number of carbonyl (C=O) groups is 1. The fourth-order valence-electron chi connectivity index (χ4n) is 3.99. The van der Waals surface area contributed by atoms with Gasteiger partial charge in [-0.05, 0) is 37.8 Å². The third kappa shape index (κ3) is 3.90. The molecule has 0 unspecified atom stereocenters. The van der Waals surface area contributed by atoms with E-state index < -0.39 is 15.6 Å². The molecule has 3 heterocycles. The molecule has 0 aliphatic carbocycles. The molecule has 9 heteroatoms. The number of amides is 1. The topological polar surface area (TPSA) is 101 Å². The van der Waals surface area contributed by atoms with E-state index in [0.29, 0.717) is 31.1 Å². The molecular weight excluding hydrogens is 392 g/mol. The van der Waals surface area contributed by atoms with Crippen molar-refractivity contribution < 1.29 is 17.9 Å². The van der Waals surface area contributed by atoms with Crippen molar-refractivity contribution in [1.29, 1.82) is 0 Å². The van der Waals surface area contributed by atoms with Gasteiger partial charge in [0.05, 0.1) is 16.7 Å². The van der Waals surface area contributed by atoms with E-state index >= 15 is 0 Å². The van der Waals surface area contributed by atoms with Crippen molar-refractivity contribution in [3.05, 3.63) is 54.1 Å². The molecule has 1 amide bonds. The molecule has 0 radical (unpaired) electrons. The number of hydrogen-bond acceptors (Lipinski definition) is 6. The monoisotopic (exact) mass is 416 g/mol. The Morgan fingerprint density at radius 2 is 2.03 bits per heavy atom. The molecule has 2 aliphatic rings. The predicted molar refractivity (Wildman–Crippen MR) is 106 cm³/mol. The summed E-state index contributed by atoms with van der Waals surface area (Å²) < 4.78 is 33.1. The van der Waals surface area contributed by atoms with Crippen molar-refractivity contribution >= 4 is 15.9 Å². The highest BCUT2D eigenvalue weighted by molar-refractivity contribution is 7.89. The lowest BCUT2D eigenvalue weighted by Gasteiger charge is -2.49. The van der Waals surface area contributed by atoms with Crippen LogP contribution in [0.5, 0.6) is 0 Å². The van der Waals surface area contributed by atoms with Crippen LogP contribution in [0, 0.1) is 12.8 Å². The number of aryl methyl sites for hydroxylation is 1. The zero-order valence-electron chi connectivity index (χ0n) is 16.2. The molecule has 2 aromatic rings. The smallest absolute Gasteiger partial charge is 0.271 e. The third-order valence-corrected chi connectivity index (χ3v) is 7.53. The number of sulfonamides is 1. The first kappa shape index (κ1) is 19.9. The Hall–Kier alpha value is -2.36. The Morgan fingerprint density at radius 1 is 1.28 bits per heavy atom. The number of benzene rings is 1. The summed E-state index contributed by atoms with van der Waals surface area (Å²) in [5.74, 6) is -0.0580. The number of hydrogen-bond donors (Lipinski definition) is 1.